The predicted molar refractivity (Wildman–Crippen MR) is 95.9 cm³/mol. The monoisotopic (exact) mass is 324 g/mol. The third kappa shape index (κ3) is 3.59. The molecule has 0 saturated heterocycles. The van der Waals surface area contributed by atoms with Gasteiger partial charge in [0.15, 0.2) is 0 Å². The summed E-state index contributed by atoms with van der Waals surface area (Å²) in [6, 6.07) is 10.4. The molecule has 3 aromatic rings. The Balaban J connectivity index is 2.05. The molecule has 2 heterocycles. The van der Waals surface area contributed by atoms with Crippen molar-refractivity contribution in [1.82, 2.24) is 9.97 Å². The van der Waals surface area contributed by atoms with E-state index < -0.39 is 0 Å². The summed E-state index contributed by atoms with van der Waals surface area (Å²) in [5.74, 6) is 0.869. The second kappa shape index (κ2) is 7.38. The summed E-state index contributed by atoms with van der Waals surface area (Å²) in [5, 5.41) is 0. The van der Waals surface area contributed by atoms with E-state index in [2.05, 4.69) is 35.1 Å². The summed E-state index contributed by atoms with van der Waals surface area (Å²) in [7, 11) is 1.69. The van der Waals surface area contributed by atoms with Gasteiger partial charge in [-0.1, -0.05) is 25.5 Å². The maximum Gasteiger partial charge on any atom is 0.118 e. The maximum atomic E-state index is 5.26. The van der Waals surface area contributed by atoms with Gasteiger partial charge in [0.2, 0.25) is 0 Å². The highest BCUT2D eigenvalue weighted by molar-refractivity contribution is 7.13. The van der Waals surface area contributed by atoms with E-state index in [1.165, 1.54) is 17.5 Å². The van der Waals surface area contributed by atoms with Crippen LogP contribution in [0.3, 0.4) is 0 Å². The van der Waals surface area contributed by atoms with Gasteiger partial charge in [0, 0.05) is 23.7 Å². The van der Waals surface area contributed by atoms with Crippen LogP contribution in [0.4, 0.5) is 0 Å². The summed E-state index contributed by atoms with van der Waals surface area (Å²) in [5.41, 5.74) is 6.52. The zero-order valence-electron chi connectivity index (χ0n) is 13.5. The van der Waals surface area contributed by atoms with E-state index in [1.807, 2.05) is 30.0 Å². The molecule has 0 spiro atoms. The van der Waals surface area contributed by atoms with Crippen molar-refractivity contribution in [1.29, 1.82) is 0 Å². The van der Waals surface area contributed by atoms with Crippen LogP contribution >= 0.6 is 11.3 Å². The number of pyridine rings is 1. The molecule has 0 saturated carbocycles. The van der Waals surface area contributed by atoms with Crippen LogP contribution in [-0.4, -0.2) is 17.1 Å². The van der Waals surface area contributed by atoms with Crippen LogP contribution in [0, 0.1) is 0 Å². The van der Waals surface area contributed by atoms with Crippen LogP contribution in [0.15, 0.2) is 48.2 Å². The van der Waals surface area contributed by atoms with Crippen molar-refractivity contribution in [2.75, 3.05) is 7.11 Å². The van der Waals surface area contributed by atoms with Gasteiger partial charge in [-0.15, -0.1) is 11.3 Å². The molecule has 0 aliphatic carbocycles. The highest BCUT2D eigenvalue weighted by Crippen LogP contribution is 2.34. The molecule has 0 aliphatic heterocycles. The van der Waals surface area contributed by atoms with Crippen LogP contribution in [0.2, 0.25) is 0 Å². The van der Waals surface area contributed by atoms with Gasteiger partial charge in [0.05, 0.1) is 17.5 Å². The van der Waals surface area contributed by atoms with E-state index in [0.717, 1.165) is 34.7 Å². The zero-order valence-corrected chi connectivity index (χ0v) is 14.3. The molecule has 3 nitrogen and oxygen atoms in total. The molecule has 0 N–H and O–H groups in total. The molecule has 0 unspecified atom stereocenters. The average Bonchev–Trinajstić information content (AvgIpc) is 3.14. The van der Waals surface area contributed by atoms with Gasteiger partial charge >= 0.3 is 0 Å². The third-order valence-electron chi connectivity index (χ3n) is 3.85. The number of aromatic nitrogens is 2. The molecule has 0 bridgehead atoms. The number of aryl methyl sites for hydroxylation is 1. The minimum atomic E-state index is 0.869. The van der Waals surface area contributed by atoms with E-state index in [1.54, 1.807) is 18.4 Å². The summed E-state index contributed by atoms with van der Waals surface area (Å²) < 4.78 is 5.26. The largest absolute Gasteiger partial charge is 0.497 e. The van der Waals surface area contributed by atoms with E-state index in [9.17, 15) is 0 Å². The molecule has 0 fully saturated rings. The van der Waals surface area contributed by atoms with Crippen LogP contribution in [0.5, 0.6) is 5.75 Å². The molecule has 0 aliphatic rings. The minimum absolute atomic E-state index is 0.869. The van der Waals surface area contributed by atoms with Gasteiger partial charge in [-0.05, 0) is 42.2 Å². The lowest BCUT2D eigenvalue weighted by Gasteiger charge is -2.11. The van der Waals surface area contributed by atoms with Crippen LogP contribution < -0.4 is 4.74 Å². The molecular formula is C19H20N2OS. The molecule has 3 rings (SSSR count). The van der Waals surface area contributed by atoms with Crippen molar-refractivity contribution in [2.45, 2.75) is 26.2 Å². The number of unbranched alkanes of at least 4 members (excludes halogenated alkanes) is 1. The summed E-state index contributed by atoms with van der Waals surface area (Å²) in [6.45, 7) is 2.20. The van der Waals surface area contributed by atoms with Gasteiger partial charge in [-0.25, -0.2) is 0 Å². The highest BCUT2D eigenvalue weighted by atomic mass is 32.1. The Bertz CT molecular complexity index is 752. The first-order chi connectivity index (χ1) is 11.3. The molecule has 0 atom stereocenters. The second-order valence-electron chi connectivity index (χ2n) is 5.42. The Labute approximate surface area is 141 Å². The summed E-state index contributed by atoms with van der Waals surface area (Å²) >= 11 is 1.64. The Hall–Kier alpha value is -2.20. The standard InChI is InChI=1S/C19H20N2OS/c1-3-4-5-15-10-17(14-6-8-16(22-2)9-7-14)18(11-21-15)19-12-20-13-23-19/h6-13H,3-5H2,1-2H3. The van der Waals surface area contributed by atoms with Gasteiger partial charge in [0.1, 0.15) is 5.75 Å². The lowest BCUT2D eigenvalue weighted by Crippen LogP contribution is -1.94. The maximum absolute atomic E-state index is 5.26. The normalized spacial score (nSPS) is 10.7. The van der Waals surface area contributed by atoms with Gasteiger partial charge in [-0.2, -0.15) is 0 Å². The van der Waals surface area contributed by atoms with E-state index >= 15 is 0 Å². The Morgan fingerprint density at radius 3 is 2.57 bits per heavy atom. The number of rotatable bonds is 6. The van der Waals surface area contributed by atoms with E-state index in [4.69, 9.17) is 4.74 Å². The number of benzene rings is 1. The van der Waals surface area contributed by atoms with Crippen LogP contribution in [0.25, 0.3) is 21.6 Å². The average molecular weight is 324 g/mol. The molecule has 4 heteroatoms. The van der Waals surface area contributed by atoms with Crippen molar-refractivity contribution < 1.29 is 4.74 Å². The Morgan fingerprint density at radius 1 is 1.09 bits per heavy atom. The van der Waals surface area contributed by atoms with Crippen LogP contribution in [-0.2, 0) is 6.42 Å². The first-order valence-corrected chi connectivity index (χ1v) is 8.72. The number of thiazole rings is 1. The van der Waals surface area contributed by atoms with Crippen molar-refractivity contribution in [3.8, 4) is 27.3 Å². The number of hydrogen-bond acceptors (Lipinski definition) is 4. The highest BCUT2D eigenvalue weighted by Gasteiger charge is 2.11. The molecule has 2 aromatic heterocycles. The van der Waals surface area contributed by atoms with Crippen LogP contribution in [0.1, 0.15) is 25.5 Å². The number of hydrogen-bond donors (Lipinski definition) is 0. The lowest BCUT2D eigenvalue weighted by atomic mass is 9.98. The molecular weight excluding hydrogens is 304 g/mol. The van der Waals surface area contributed by atoms with Crippen molar-refractivity contribution >= 4 is 11.3 Å². The topological polar surface area (TPSA) is 35.0 Å². The number of methoxy groups -OCH3 is 1. The minimum Gasteiger partial charge on any atom is -0.497 e. The SMILES string of the molecule is CCCCc1cc(-c2ccc(OC)cc2)c(-c2cncs2)cn1. The van der Waals surface area contributed by atoms with Gasteiger partial charge < -0.3 is 4.74 Å². The van der Waals surface area contributed by atoms with Gasteiger partial charge in [0.25, 0.3) is 0 Å². The van der Waals surface area contributed by atoms with E-state index in [0.29, 0.717) is 0 Å². The van der Waals surface area contributed by atoms with Crippen molar-refractivity contribution in [3.63, 3.8) is 0 Å². The third-order valence-corrected chi connectivity index (χ3v) is 4.65. The zero-order chi connectivity index (χ0) is 16.1. The van der Waals surface area contributed by atoms with Crippen molar-refractivity contribution in [3.05, 3.63) is 53.9 Å². The molecule has 0 amide bonds. The number of nitrogens with zero attached hydrogens (tertiary/aromatic N) is 2. The second-order valence-corrected chi connectivity index (χ2v) is 6.31. The lowest BCUT2D eigenvalue weighted by molar-refractivity contribution is 0.415. The molecule has 23 heavy (non-hydrogen) atoms. The molecule has 0 radical (unpaired) electrons. The Kier molecular flexibility index (Phi) is 5.03. The van der Waals surface area contributed by atoms with E-state index in [-0.39, 0.29) is 0 Å². The first-order valence-electron chi connectivity index (χ1n) is 7.84. The smallest absolute Gasteiger partial charge is 0.118 e. The van der Waals surface area contributed by atoms with Crippen molar-refractivity contribution in [2.24, 2.45) is 0 Å². The van der Waals surface area contributed by atoms with Gasteiger partial charge in [-0.3, -0.25) is 9.97 Å². The number of ether oxygens (including phenoxy) is 1. The first kappa shape index (κ1) is 15.7. The summed E-state index contributed by atoms with van der Waals surface area (Å²) in [6.07, 6.45) is 7.24. The Morgan fingerprint density at radius 2 is 1.91 bits per heavy atom. The predicted octanol–water partition coefficient (Wildman–Crippen LogP) is 5.22. The molecule has 1 aromatic carbocycles. The summed E-state index contributed by atoms with van der Waals surface area (Å²) in [4.78, 5) is 9.99. The fourth-order valence-corrected chi connectivity index (χ4v) is 3.19. The fourth-order valence-electron chi connectivity index (χ4n) is 2.55. The quantitative estimate of drug-likeness (QED) is 0.623. The molecule has 118 valence electrons. The fraction of sp³-hybridized carbons (Fsp3) is 0.263.